The second-order valence-corrected chi connectivity index (χ2v) is 9.64. The number of nitrogens with zero attached hydrogens (tertiary/aromatic N) is 4. The number of fused-ring (bicyclic) bond motifs is 3. The largest absolute Gasteiger partial charge is 0.446 e. The summed E-state index contributed by atoms with van der Waals surface area (Å²) in [5.41, 5.74) is 1.84. The second-order valence-electron chi connectivity index (χ2n) is 8.83. The summed E-state index contributed by atoms with van der Waals surface area (Å²) in [4.78, 5) is 28.5. The highest BCUT2D eigenvalue weighted by molar-refractivity contribution is 6.31. The third kappa shape index (κ3) is 3.62. The average molecular weight is 503 g/mol. The molecule has 0 radical (unpaired) electrons. The molecule has 8 nitrogen and oxygen atoms in total. The first-order chi connectivity index (χ1) is 16.2. The van der Waals surface area contributed by atoms with Crippen molar-refractivity contribution in [3.05, 3.63) is 78.9 Å². The summed E-state index contributed by atoms with van der Waals surface area (Å²) in [6, 6.07) is 10.8. The Bertz CT molecular complexity index is 1530. The number of rotatable bonds is 4. The lowest BCUT2D eigenvalue weighted by Crippen LogP contribution is -2.39. The lowest BCUT2D eigenvalue weighted by molar-refractivity contribution is -0.0441. The first-order valence-corrected chi connectivity index (χ1v) is 11.6. The molecule has 178 valence electrons. The zero-order valence-electron chi connectivity index (χ0n) is 19.2. The Labute approximate surface area is 205 Å². The van der Waals surface area contributed by atoms with Gasteiger partial charge in [0.1, 0.15) is 5.76 Å². The number of benzene rings is 1. The average Bonchev–Trinajstić information content (AvgIpc) is 3.36. The van der Waals surface area contributed by atoms with E-state index >= 15 is 0 Å². The normalized spacial score (nSPS) is 18.1. The van der Waals surface area contributed by atoms with Crippen LogP contribution in [0.2, 0.25) is 10.2 Å². The van der Waals surface area contributed by atoms with Crippen molar-refractivity contribution in [3.8, 4) is 11.3 Å². The first-order valence-electron chi connectivity index (χ1n) is 10.8. The fraction of sp³-hybridized carbons (Fsp3) is 0.333. The Morgan fingerprint density at radius 2 is 1.85 bits per heavy atom. The van der Waals surface area contributed by atoms with Crippen molar-refractivity contribution in [2.75, 3.05) is 20.6 Å². The number of halogens is 2. The molecule has 0 unspecified atom stereocenters. The number of hydrogen-bond donors (Lipinski definition) is 0. The van der Waals surface area contributed by atoms with E-state index in [-0.39, 0.29) is 16.9 Å². The SMILES string of the molecule is CN(C)C[C@@H]1Cn2c(-c3cccc(Cl)c3)c3c(=O)n(C)c(=O)n(C)c3c2[C@H](c2ccc(Cl)o2)O1. The van der Waals surface area contributed by atoms with Crippen LogP contribution in [-0.2, 0) is 25.4 Å². The molecule has 2 atom stereocenters. The molecule has 4 aromatic rings. The maximum Gasteiger partial charge on any atom is 0.331 e. The summed E-state index contributed by atoms with van der Waals surface area (Å²) in [6.45, 7) is 1.12. The smallest absolute Gasteiger partial charge is 0.331 e. The predicted molar refractivity (Wildman–Crippen MR) is 132 cm³/mol. The molecule has 0 spiro atoms. The molecule has 0 bridgehead atoms. The molecule has 34 heavy (non-hydrogen) atoms. The zero-order valence-corrected chi connectivity index (χ0v) is 20.7. The van der Waals surface area contributed by atoms with Gasteiger partial charge in [-0.3, -0.25) is 13.9 Å². The van der Waals surface area contributed by atoms with Gasteiger partial charge in [0.2, 0.25) is 0 Å². The molecule has 0 saturated carbocycles. The van der Waals surface area contributed by atoms with Gasteiger partial charge in [0, 0.05) is 31.2 Å². The minimum Gasteiger partial charge on any atom is -0.446 e. The van der Waals surface area contributed by atoms with Crippen LogP contribution in [-0.4, -0.2) is 45.3 Å². The van der Waals surface area contributed by atoms with E-state index in [2.05, 4.69) is 4.57 Å². The standard InChI is InChI=1S/C24H24Cl2N4O4/c1-27(2)11-15-12-30-19(13-6-5-7-14(25)10-13)18-20(28(3)24(32)29(4)23(18)31)21(30)22(33-15)16-8-9-17(26)34-16/h5-10,15,22H,11-12H2,1-4H3/t15-,22+/m1/s1. The van der Waals surface area contributed by atoms with Gasteiger partial charge < -0.3 is 18.6 Å². The molecule has 1 aliphatic heterocycles. The van der Waals surface area contributed by atoms with Gasteiger partial charge in [-0.25, -0.2) is 4.79 Å². The van der Waals surface area contributed by atoms with E-state index in [4.69, 9.17) is 32.4 Å². The Hall–Kier alpha value is -2.78. The molecule has 1 aromatic carbocycles. The van der Waals surface area contributed by atoms with Crippen molar-refractivity contribution in [1.82, 2.24) is 18.6 Å². The van der Waals surface area contributed by atoms with Crippen LogP contribution in [0, 0.1) is 0 Å². The Kier molecular flexibility index (Phi) is 5.72. The van der Waals surface area contributed by atoms with Gasteiger partial charge in [0.25, 0.3) is 5.56 Å². The number of aryl methyl sites for hydroxylation is 1. The Morgan fingerprint density at radius 3 is 2.50 bits per heavy atom. The van der Waals surface area contributed by atoms with E-state index in [1.54, 1.807) is 25.2 Å². The van der Waals surface area contributed by atoms with Crippen molar-refractivity contribution in [3.63, 3.8) is 0 Å². The number of hydrogen-bond acceptors (Lipinski definition) is 5. The molecular formula is C24H24Cl2N4O4. The highest BCUT2D eigenvalue weighted by atomic mass is 35.5. The Balaban J connectivity index is 1.93. The first kappa shape index (κ1) is 23.0. The third-order valence-electron chi connectivity index (χ3n) is 6.19. The van der Waals surface area contributed by atoms with Crippen molar-refractivity contribution < 1.29 is 9.15 Å². The van der Waals surface area contributed by atoms with Crippen LogP contribution < -0.4 is 11.2 Å². The number of ether oxygens (including phenoxy) is 1. The van der Waals surface area contributed by atoms with E-state index in [0.29, 0.717) is 46.2 Å². The van der Waals surface area contributed by atoms with Gasteiger partial charge in [-0.15, -0.1) is 0 Å². The van der Waals surface area contributed by atoms with Crippen molar-refractivity contribution in [2.45, 2.75) is 18.8 Å². The van der Waals surface area contributed by atoms with E-state index < -0.39 is 11.8 Å². The van der Waals surface area contributed by atoms with Crippen LogP contribution in [0.5, 0.6) is 0 Å². The number of furan rings is 1. The molecular weight excluding hydrogens is 479 g/mol. The van der Waals surface area contributed by atoms with E-state index in [1.165, 1.54) is 11.6 Å². The molecule has 0 N–H and O–H groups in total. The van der Waals surface area contributed by atoms with E-state index in [1.807, 2.05) is 37.2 Å². The van der Waals surface area contributed by atoms with Crippen molar-refractivity contribution in [1.29, 1.82) is 0 Å². The lowest BCUT2D eigenvalue weighted by atomic mass is 10.1. The fourth-order valence-corrected chi connectivity index (χ4v) is 5.16. The maximum absolute atomic E-state index is 13.5. The molecule has 0 aliphatic carbocycles. The summed E-state index contributed by atoms with van der Waals surface area (Å²) in [5.74, 6) is 0.500. The minimum atomic E-state index is -0.667. The van der Waals surface area contributed by atoms with Gasteiger partial charge in [-0.05, 0) is 50.0 Å². The molecule has 0 fully saturated rings. The third-order valence-corrected chi connectivity index (χ3v) is 6.63. The fourth-order valence-electron chi connectivity index (χ4n) is 4.81. The number of aromatic nitrogens is 3. The molecule has 5 rings (SSSR count). The Morgan fingerprint density at radius 1 is 1.09 bits per heavy atom. The van der Waals surface area contributed by atoms with Crippen molar-refractivity contribution in [2.24, 2.45) is 14.1 Å². The van der Waals surface area contributed by atoms with Crippen LogP contribution in [0.1, 0.15) is 17.6 Å². The predicted octanol–water partition coefficient (Wildman–Crippen LogP) is 3.66. The van der Waals surface area contributed by atoms with Gasteiger partial charge in [0.15, 0.2) is 11.3 Å². The molecule has 0 saturated heterocycles. The molecule has 1 aliphatic rings. The summed E-state index contributed by atoms with van der Waals surface area (Å²) in [7, 11) is 7.09. The number of likely N-dealkylation sites (N-methyl/N-ethyl adjacent to an activating group) is 1. The second kappa shape index (κ2) is 8.46. The molecule has 10 heteroatoms. The van der Waals surface area contributed by atoms with Crippen LogP contribution in [0.3, 0.4) is 0 Å². The van der Waals surface area contributed by atoms with Gasteiger partial charge >= 0.3 is 5.69 Å². The van der Waals surface area contributed by atoms with Gasteiger partial charge in [-0.1, -0.05) is 23.7 Å². The van der Waals surface area contributed by atoms with Crippen LogP contribution >= 0.6 is 23.2 Å². The van der Waals surface area contributed by atoms with Crippen molar-refractivity contribution >= 4 is 34.1 Å². The molecule has 3 aromatic heterocycles. The molecule has 0 amide bonds. The van der Waals surface area contributed by atoms with Gasteiger partial charge in [-0.2, -0.15) is 0 Å². The highest BCUT2D eigenvalue weighted by Gasteiger charge is 2.38. The highest BCUT2D eigenvalue weighted by Crippen LogP contribution is 2.43. The lowest BCUT2D eigenvalue weighted by Gasteiger charge is -2.33. The van der Waals surface area contributed by atoms with E-state index in [0.717, 1.165) is 10.1 Å². The quantitative estimate of drug-likeness (QED) is 0.425. The van der Waals surface area contributed by atoms with Crippen LogP contribution in [0.4, 0.5) is 0 Å². The van der Waals surface area contributed by atoms with Crippen LogP contribution in [0.25, 0.3) is 22.2 Å². The van der Waals surface area contributed by atoms with Gasteiger partial charge in [0.05, 0.1) is 34.9 Å². The summed E-state index contributed by atoms with van der Waals surface area (Å²) in [6.07, 6.45) is -0.878. The zero-order chi connectivity index (χ0) is 24.3. The maximum atomic E-state index is 13.5. The molecule has 4 heterocycles. The topological polar surface area (TPSA) is 74.5 Å². The van der Waals surface area contributed by atoms with E-state index in [9.17, 15) is 9.59 Å². The summed E-state index contributed by atoms with van der Waals surface area (Å²) < 4.78 is 16.9. The minimum absolute atomic E-state index is 0.211. The monoisotopic (exact) mass is 502 g/mol. The summed E-state index contributed by atoms with van der Waals surface area (Å²) >= 11 is 12.4. The van der Waals surface area contributed by atoms with Crippen LogP contribution in [0.15, 0.2) is 50.4 Å². The summed E-state index contributed by atoms with van der Waals surface area (Å²) in [5, 5.41) is 1.21.